The molecule has 0 unspecified atom stereocenters. The van der Waals surface area contributed by atoms with Crippen LogP contribution in [0.15, 0.2) is 0 Å². The van der Waals surface area contributed by atoms with Crippen molar-refractivity contribution in [2.75, 3.05) is 0 Å². The minimum atomic E-state index is -1.48. The molecule has 0 aromatic heterocycles. The molecule has 0 saturated carbocycles. The summed E-state index contributed by atoms with van der Waals surface area (Å²) in [6, 6.07) is 1.27. The van der Waals surface area contributed by atoms with E-state index in [4.69, 9.17) is 8.85 Å². The van der Waals surface area contributed by atoms with Crippen LogP contribution >= 0.6 is 0 Å². The van der Waals surface area contributed by atoms with Crippen LogP contribution < -0.4 is 0 Å². The van der Waals surface area contributed by atoms with Crippen molar-refractivity contribution in [1.29, 1.82) is 0 Å². The lowest BCUT2D eigenvalue weighted by Gasteiger charge is -2.50. The van der Waals surface area contributed by atoms with Crippen LogP contribution in [0.1, 0.15) is 20.8 Å². The maximum Gasteiger partial charge on any atom is 0.192 e. The monoisotopic (exact) mass is 246 g/mol. The molecule has 0 aliphatic carbocycles. The number of rotatable bonds is 4. The van der Waals surface area contributed by atoms with E-state index in [9.17, 15) is 0 Å². The van der Waals surface area contributed by atoms with Crippen molar-refractivity contribution in [2.24, 2.45) is 0 Å². The van der Waals surface area contributed by atoms with Gasteiger partial charge in [-0.3, -0.25) is 0 Å². The highest BCUT2D eigenvalue weighted by atomic mass is 28.4. The molecule has 2 atom stereocenters. The van der Waals surface area contributed by atoms with Crippen LogP contribution in [0.4, 0.5) is 0 Å². The van der Waals surface area contributed by atoms with Gasteiger partial charge in [-0.25, -0.2) is 0 Å². The third kappa shape index (κ3) is 3.41. The minimum Gasteiger partial charge on any atom is -0.415 e. The molecule has 15 heavy (non-hydrogen) atoms. The molecule has 0 aromatic carbocycles. The van der Waals surface area contributed by atoms with Crippen LogP contribution in [0.2, 0.25) is 37.8 Å². The molecule has 1 aliphatic heterocycles. The predicted octanol–water partition coefficient (Wildman–Crippen LogP) is 3.61. The van der Waals surface area contributed by atoms with E-state index in [1.165, 1.54) is 6.04 Å². The summed E-state index contributed by atoms with van der Waals surface area (Å²) in [6.45, 7) is 15.8. The maximum atomic E-state index is 6.09. The van der Waals surface area contributed by atoms with E-state index in [2.05, 4.69) is 47.0 Å². The Balaban J connectivity index is 2.53. The molecule has 0 N–H and O–H groups in total. The molecule has 1 aliphatic rings. The van der Waals surface area contributed by atoms with Crippen molar-refractivity contribution in [3.05, 3.63) is 0 Å². The normalized spacial score (nSPS) is 30.4. The molecule has 1 heterocycles. The molecule has 1 rings (SSSR count). The van der Waals surface area contributed by atoms with Gasteiger partial charge in [0.05, 0.1) is 0 Å². The standard InChI is InChI=1S/C11H26O2Si2/c1-9(2)12-14(4,5)8-11-10(3)13-15(11,6)7/h9-11H,8H2,1-7H3/t10-,11-/m0/s1. The Kier molecular flexibility index (Phi) is 3.86. The van der Waals surface area contributed by atoms with Crippen molar-refractivity contribution in [3.8, 4) is 0 Å². The van der Waals surface area contributed by atoms with E-state index in [0.717, 1.165) is 5.54 Å². The lowest BCUT2D eigenvalue weighted by molar-refractivity contribution is 0.121. The van der Waals surface area contributed by atoms with Gasteiger partial charge in [0.25, 0.3) is 0 Å². The molecular formula is C11H26O2Si2. The molecular weight excluding hydrogens is 220 g/mol. The third-order valence-corrected chi connectivity index (χ3v) is 9.59. The summed E-state index contributed by atoms with van der Waals surface area (Å²) in [5, 5.41) is 0. The first-order valence-electron chi connectivity index (χ1n) is 6.00. The Labute approximate surface area is 96.6 Å². The van der Waals surface area contributed by atoms with Crippen molar-refractivity contribution >= 4 is 16.6 Å². The molecule has 1 saturated heterocycles. The average molecular weight is 246 g/mol. The molecule has 4 heteroatoms. The van der Waals surface area contributed by atoms with Gasteiger partial charge in [-0.1, -0.05) is 0 Å². The zero-order valence-corrected chi connectivity index (χ0v) is 13.3. The van der Waals surface area contributed by atoms with Crippen LogP contribution in [0.3, 0.4) is 0 Å². The first-order valence-corrected chi connectivity index (χ1v) is 12.1. The fraction of sp³-hybridized carbons (Fsp3) is 1.00. The highest BCUT2D eigenvalue weighted by Gasteiger charge is 2.51. The Morgan fingerprint density at radius 2 is 1.87 bits per heavy atom. The van der Waals surface area contributed by atoms with Gasteiger partial charge >= 0.3 is 0 Å². The Morgan fingerprint density at radius 3 is 2.20 bits per heavy atom. The highest BCUT2D eigenvalue weighted by Crippen LogP contribution is 2.45. The zero-order valence-electron chi connectivity index (χ0n) is 11.3. The summed E-state index contributed by atoms with van der Waals surface area (Å²) in [4.78, 5) is 0. The van der Waals surface area contributed by atoms with Crippen LogP contribution in [-0.2, 0) is 8.85 Å². The summed E-state index contributed by atoms with van der Waals surface area (Å²) in [6.07, 6.45) is 0.835. The summed E-state index contributed by atoms with van der Waals surface area (Å²) in [5.74, 6) is 0. The van der Waals surface area contributed by atoms with Gasteiger partial charge in [0.1, 0.15) is 0 Å². The Hall–Kier alpha value is 0.354. The van der Waals surface area contributed by atoms with E-state index >= 15 is 0 Å². The SMILES string of the molecule is CC(C)O[Si](C)(C)C[C@H]1[C@H](C)O[Si]1(C)C. The first-order chi connectivity index (χ1) is 6.64. The lowest BCUT2D eigenvalue weighted by atomic mass is 10.3. The maximum absolute atomic E-state index is 6.09. The molecule has 2 nitrogen and oxygen atoms in total. The molecule has 1 fully saturated rings. The molecule has 90 valence electrons. The van der Waals surface area contributed by atoms with Gasteiger partial charge in [0, 0.05) is 17.7 Å². The largest absolute Gasteiger partial charge is 0.415 e. The van der Waals surface area contributed by atoms with Gasteiger partial charge in [-0.05, 0) is 53.0 Å². The smallest absolute Gasteiger partial charge is 0.192 e. The van der Waals surface area contributed by atoms with Crippen LogP contribution in [0.25, 0.3) is 0 Å². The van der Waals surface area contributed by atoms with E-state index < -0.39 is 16.6 Å². The summed E-state index contributed by atoms with van der Waals surface area (Å²) < 4.78 is 12.0. The topological polar surface area (TPSA) is 18.5 Å². The minimum absolute atomic E-state index is 0.368. The average Bonchev–Trinajstić information content (AvgIpc) is 1.97. The lowest BCUT2D eigenvalue weighted by Crippen LogP contribution is -2.57. The molecule has 0 bridgehead atoms. The van der Waals surface area contributed by atoms with Gasteiger partial charge in [-0.15, -0.1) is 0 Å². The van der Waals surface area contributed by atoms with Crippen molar-refractivity contribution in [1.82, 2.24) is 0 Å². The van der Waals surface area contributed by atoms with Crippen molar-refractivity contribution in [3.63, 3.8) is 0 Å². The Morgan fingerprint density at radius 1 is 1.33 bits per heavy atom. The van der Waals surface area contributed by atoms with Gasteiger partial charge in [-0.2, -0.15) is 0 Å². The van der Waals surface area contributed by atoms with E-state index in [1.54, 1.807) is 0 Å². The van der Waals surface area contributed by atoms with Crippen LogP contribution in [0.5, 0.6) is 0 Å². The number of hydrogen-bond acceptors (Lipinski definition) is 2. The summed E-state index contributed by atoms with van der Waals surface area (Å²) in [7, 11) is -2.82. The Bertz CT molecular complexity index is 227. The van der Waals surface area contributed by atoms with E-state index in [-0.39, 0.29) is 0 Å². The predicted molar refractivity (Wildman–Crippen MR) is 70.3 cm³/mol. The van der Waals surface area contributed by atoms with E-state index in [1.807, 2.05) is 0 Å². The van der Waals surface area contributed by atoms with Gasteiger partial charge in [0.2, 0.25) is 0 Å². The van der Waals surface area contributed by atoms with Crippen molar-refractivity contribution in [2.45, 2.75) is 70.8 Å². The number of hydrogen-bond donors (Lipinski definition) is 0. The summed E-state index contributed by atoms with van der Waals surface area (Å²) >= 11 is 0. The van der Waals surface area contributed by atoms with Crippen LogP contribution in [-0.4, -0.2) is 28.8 Å². The van der Waals surface area contributed by atoms with Gasteiger partial charge in [0.15, 0.2) is 16.6 Å². The van der Waals surface area contributed by atoms with Crippen LogP contribution in [0, 0.1) is 0 Å². The second-order valence-corrected chi connectivity index (χ2v) is 14.5. The van der Waals surface area contributed by atoms with Crippen molar-refractivity contribution < 1.29 is 8.85 Å². The molecule has 0 amide bonds. The molecule has 0 spiro atoms. The zero-order chi connectivity index (χ0) is 11.9. The molecule has 0 radical (unpaired) electrons. The fourth-order valence-corrected chi connectivity index (χ4v) is 11.3. The highest BCUT2D eigenvalue weighted by molar-refractivity contribution is 6.79. The van der Waals surface area contributed by atoms with Gasteiger partial charge < -0.3 is 8.85 Å². The summed E-state index contributed by atoms with van der Waals surface area (Å²) in [5.41, 5.74) is 0.804. The van der Waals surface area contributed by atoms with E-state index in [0.29, 0.717) is 12.2 Å². The molecule has 0 aromatic rings. The fourth-order valence-electron chi connectivity index (χ4n) is 2.77. The first kappa shape index (κ1) is 13.4. The quantitative estimate of drug-likeness (QED) is 0.706. The second-order valence-electron chi connectivity index (χ2n) is 6.16. The second kappa shape index (κ2) is 4.32. The third-order valence-electron chi connectivity index (χ3n) is 3.22.